The number of pyridine rings is 2. The van der Waals surface area contributed by atoms with Crippen LogP contribution in [0.5, 0.6) is 0 Å². The molecule has 0 saturated heterocycles. The molecule has 1 N–H and O–H groups in total. The van der Waals surface area contributed by atoms with Gasteiger partial charge in [-0.3, -0.25) is 4.98 Å². The summed E-state index contributed by atoms with van der Waals surface area (Å²) in [6.07, 6.45) is 7.95. The number of nitrogens with one attached hydrogen (secondary N) is 1. The van der Waals surface area contributed by atoms with E-state index in [0.29, 0.717) is 12.4 Å². The van der Waals surface area contributed by atoms with E-state index in [9.17, 15) is 0 Å². The van der Waals surface area contributed by atoms with Crippen LogP contribution in [0.2, 0.25) is 0 Å². The summed E-state index contributed by atoms with van der Waals surface area (Å²) in [5, 5.41) is 7.66. The normalized spacial score (nSPS) is 10.7. The Bertz CT molecular complexity index is 1010. The molecule has 0 aliphatic heterocycles. The van der Waals surface area contributed by atoms with Crippen LogP contribution in [0.25, 0.3) is 17.3 Å². The van der Waals surface area contributed by atoms with E-state index in [4.69, 9.17) is 0 Å². The second-order valence-corrected chi connectivity index (χ2v) is 5.93. The van der Waals surface area contributed by atoms with Gasteiger partial charge in [-0.1, -0.05) is 19.1 Å². The number of hydrogen-bond acceptors (Lipinski definition) is 6. The quantitative estimate of drug-likeness (QED) is 0.570. The molecule has 4 heterocycles. The first-order chi connectivity index (χ1) is 13.3. The van der Waals surface area contributed by atoms with Crippen molar-refractivity contribution in [2.24, 2.45) is 0 Å². The number of anilines is 1. The number of hydrogen-bond donors (Lipinski definition) is 1. The van der Waals surface area contributed by atoms with Crippen molar-refractivity contribution in [3.63, 3.8) is 0 Å². The van der Waals surface area contributed by atoms with Crippen LogP contribution in [-0.4, -0.2) is 29.7 Å². The maximum absolute atomic E-state index is 4.63. The van der Waals surface area contributed by atoms with Crippen molar-refractivity contribution in [2.75, 3.05) is 5.32 Å². The van der Waals surface area contributed by atoms with E-state index < -0.39 is 0 Å². The first kappa shape index (κ1) is 16.8. The molecule has 0 radical (unpaired) electrons. The van der Waals surface area contributed by atoms with Gasteiger partial charge in [0, 0.05) is 48.7 Å². The topological polar surface area (TPSA) is 81.4 Å². The summed E-state index contributed by atoms with van der Waals surface area (Å²) in [5.41, 5.74) is 2.75. The molecule has 0 amide bonds. The zero-order valence-corrected chi connectivity index (χ0v) is 14.9. The minimum absolute atomic E-state index is 0.574. The highest BCUT2D eigenvalue weighted by Gasteiger charge is 2.09. The summed E-state index contributed by atoms with van der Waals surface area (Å²) in [5.74, 6) is 2.18. The molecule has 7 nitrogen and oxygen atoms in total. The van der Waals surface area contributed by atoms with Crippen molar-refractivity contribution in [1.82, 2.24) is 29.7 Å². The Hall–Kier alpha value is -3.61. The highest BCUT2D eigenvalue weighted by molar-refractivity contribution is 5.53. The maximum atomic E-state index is 4.63. The molecule has 27 heavy (non-hydrogen) atoms. The lowest BCUT2D eigenvalue weighted by Crippen LogP contribution is -2.09. The van der Waals surface area contributed by atoms with Gasteiger partial charge >= 0.3 is 0 Å². The summed E-state index contributed by atoms with van der Waals surface area (Å²) in [4.78, 5) is 18.0. The number of rotatable bonds is 6. The van der Waals surface area contributed by atoms with Crippen molar-refractivity contribution < 1.29 is 0 Å². The second-order valence-electron chi connectivity index (χ2n) is 5.93. The molecule has 0 saturated carbocycles. The van der Waals surface area contributed by atoms with Crippen LogP contribution in [0.4, 0.5) is 5.82 Å². The molecule has 0 spiro atoms. The molecule has 0 aliphatic rings. The van der Waals surface area contributed by atoms with Crippen LogP contribution < -0.4 is 5.32 Å². The minimum atomic E-state index is 0.574. The molecule has 0 aliphatic carbocycles. The van der Waals surface area contributed by atoms with E-state index in [1.54, 1.807) is 23.3 Å². The third-order valence-corrected chi connectivity index (χ3v) is 4.08. The van der Waals surface area contributed by atoms with Crippen molar-refractivity contribution in [1.29, 1.82) is 0 Å². The van der Waals surface area contributed by atoms with Gasteiger partial charge in [-0.15, -0.1) is 0 Å². The fraction of sp³-hybridized carbons (Fsp3) is 0.150. The van der Waals surface area contributed by atoms with Gasteiger partial charge in [-0.05, 0) is 30.7 Å². The Morgan fingerprint density at radius 2 is 1.89 bits per heavy atom. The predicted octanol–water partition coefficient (Wildman–Crippen LogP) is 3.29. The standard InChI is InChI=1S/C20H19N7/c1-2-16-13-18(26-19(25-16)17-8-3-4-9-21-17)23-14-15-7-5-10-22-20(15)27-12-6-11-24-27/h3-13H,2,14H2,1H3,(H,23,25,26). The SMILES string of the molecule is CCc1cc(NCc2cccnc2-n2cccn2)nc(-c2ccccn2)n1. The van der Waals surface area contributed by atoms with E-state index in [1.807, 2.05) is 48.7 Å². The van der Waals surface area contributed by atoms with Crippen LogP contribution in [0, 0.1) is 0 Å². The summed E-state index contributed by atoms with van der Waals surface area (Å²) in [6.45, 7) is 2.65. The van der Waals surface area contributed by atoms with Crippen LogP contribution in [0.3, 0.4) is 0 Å². The molecule has 0 bridgehead atoms. The molecule has 4 rings (SSSR count). The predicted molar refractivity (Wildman–Crippen MR) is 103 cm³/mol. The Balaban J connectivity index is 1.61. The van der Waals surface area contributed by atoms with Crippen molar-refractivity contribution >= 4 is 5.82 Å². The third-order valence-electron chi connectivity index (χ3n) is 4.08. The van der Waals surface area contributed by atoms with E-state index in [-0.39, 0.29) is 0 Å². The van der Waals surface area contributed by atoms with E-state index in [2.05, 4.69) is 37.3 Å². The Kier molecular flexibility index (Phi) is 4.82. The van der Waals surface area contributed by atoms with Crippen LogP contribution >= 0.6 is 0 Å². The minimum Gasteiger partial charge on any atom is -0.366 e. The van der Waals surface area contributed by atoms with Gasteiger partial charge in [-0.2, -0.15) is 5.10 Å². The molecule has 134 valence electrons. The highest BCUT2D eigenvalue weighted by Crippen LogP contribution is 2.18. The molecule has 0 unspecified atom stereocenters. The first-order valence-corrected chi connectivity index (χ1v) is 8.80. The molecular weight excluding hydrogens is 338 g/mol. The number of aryl methyl sites for hydroxylation is 1. The fourth-order valence-corrected chi connectivity index (χ4v) is 2.73. The zero-order chi connectivity index (χ0) is 18.5. The third kappa shape index (κ3) is 3.82. The zero-order valence-electron chi connectivity index (χ0n) is 14.9. The first-order valence-electron chi connectivity index (χ1n) is 8.80. The van der Waals surface area contributed by atoms with Gasteiger partial charge in [0.1, 0.15) is 11.5 Å². The monoisotopic (exact) mass is 357 g/mol. The number of aromatic nitrogens is 6. The highest BCUT2D eigenvalue weighted by atomic mass is 15.3. The van der Waals surface area contributed by atoms with E-state index in [1.165, 1.54) is 0 Å². The Morgan fingerprint density at radius 1 is 0.963 bits per heavy atom. The van der Waals surface area contributed by atoms with Gasteiger partial charge in [0.05, 0.1) is 0 Å². The lowest BCUT2D eigenvalue weighted by atomic mass is 10.2. The average Bonchev–Trinajstić information content (AvgIpc) is 3.27. The molecule has 4 aromatic heterocycles. The molecule has 4 aromatic rings. The smallest absolute Gasteiger partial charge is 0.180 e. The lowest BCUT2D eigenvalue weighted by molar-refractivity contribution is 0.828. The fourth-order valence-electron chi connectivity index (χ4n) is 2.73. The molecule has 0 fully saturated rings. The van der Waals surface area contributed by atoms with Crippen LogP contribution in [-0.2, 0) is 13.0 Å². The molecular formula is C20H19N7. The lowest BCUT2D eigenvalue weighted by Gasteiger charge is -2.11. The van der Waals surface area contributed by atoms with Gasteiger partial charge < -0.3 is 5.32 Å². The molecule has 7 heteroatoms. The molecule has 0 atom stereocenters. The summed E-state index contributed by atoms with van der Waals surface area (Å²) < 4.78 is 1.76. The second kappa shape index (κ2) is 7.74. The van der Waals surface area contributed by atoms with Crippen LogP contribution in [0.15, 0.2) is 67.3 Å². The van der Waals surface area contributed by atoms with Gasteiger partial charge in [-0.25, -0.2) is 19.6 Å². The summed E-state index contributed by atoms with van der Waals surface area (Å²) >= 11 is 0. The average molecular weight is 357 g/mol. The Labute approximate surface area is 157 Å². The Morgan fingerprint density at radius 3 is 2.67 bits per heavy atom. The molecule has 0 aromatic carbocycles. The number of nitrogens with zero attached hydrogens (tertiary/aromatic N) is 6. The maximum Gasteiger partial charge on any atom is 0.180 e. The summed E-state index contributed by atoms with van der Waals surface area (Å²) in [7, 11) is 0. The van der Waals surface area contributed by atoms with E-state index in [0.717, 1.165) is 35.0 Å². The van der Waals surface area contributed by atoms with Crippen molar-refractivity contribution in [3.05, 3.63) is 78.5 Å². The van der Waals surface area contributed by atoms with Crippen LogP contribution in [0.1, 0.15) is 18.2 Å². The van der Waals surface area contributed by atoms with Gasteiger partial charge in [0.25, 0.3) is 0 Å². The van der Waals surface area contributed by atoms with Gasteiger partial charge in [0.2, 0.25) is 0 Å². The van der Waals surface area contributed by atoms with Crippen molar-refractivity contribution in [3.8, 4) is 17.3 Å². The largest absolute Gasteiger partial charge is 0.366 e. The van der Waals surface area contributed by atoms with Crippen molar-refractivity contribution in [2.45, 2.75) is 19.9 Å². The summed E-state index contributed by atoms with van der Waals surface area (Å²) in [6, 6.07) is 13.5. The van der Waals surface area contributed by atoms with E-state index >= 15 is 0 Å². The van der Waals surface area contributed by atoms with Gasteiger partial charge in [0.15, 0.2) is 11.6 Å².